The Hall–Kier alpha value is -1.77. The average molecular weight is 216 g/mol. The number of halogens is 1. The zero-order valence-corrected chi connectivity index (χ0v) is 9.37. The molecular formula is C13H13FN2. The summed E-state index contributed by atoms with van der Waals surface area (Å²) < 4.78 is 13.1. The minimum absolute atomic E-state index is 0.280. The number of hydrogen-bond acceptors (Lipinski definition) is 2. The first-order valence-corrected chi connectivity index (χ1v) is 5.33. The molecule has 0 bridgehead atoms. The third-order valence-corrected chi connectivity index (χ3v) is 2.39. The van der Waals surface area contributed by atoms with E-state index in [0.29, 0.717) is 5.52 Å². The molecule has 0 fully saturated rings. The van der Waals surface area contributed by atoms with Crippen molar-refractivity contribution >= 4 is 17.1 Å². The van der Waals surface area contributed by atoms with Crippen molar-refractivity contribution in [2.45, 2.75) is 20.3 Å². The molecule has 1 aromatic heterocycles. The molecule has 3 heteroatoms. The predicted octanol–water partition coefficient (Wildman–Crippen LogP) is 3.36. The lowest BCUT2D eigenvalue weighted by Crippen LogP contribution is -1.97. The highest BCUT2D eigenvalue weighted by Crippen LogP contribution is 2.15. The van der Waals surface area contributed by atoms with Crippen LogP contribution in [-0.2, 0) is 6.42 Å². The van der Waals surface area contributed by atoms with Crippen LogP contribution in [0.3, 0.4) is 0 Å². The van der Waals surface area contributed by atoms with Crippen molar-refractivity contribution in [2.75, 3.05) is 0 Å². The van der Waals surface area contributed by atoms with E-state index in [1.54, 1.807) is 6.07 Å². The lowest BCUT2D eigenvalue weighted by Gasteiger charge is -2.04. The monoisotopic (exact) mass is 216 g/mol. The van der Waals surface area contributed by atoms with E-state index in [0.717, 1.165) is 23.3 Å². The Balaban J connectivity index is 2.70. The van der Waals surface area contributed by atoms with E-state index >= 15 is 0 Å². The van der Waals surface area contributed by atoms with Crippen molar-refractivity contribution in [1.82, 2.24) is 9.97 Å². The van der Waals surface area contributed by atoms with Gasteiger partial charge in [0.15, 0.2) is 0 Å². The fourth-order valence-electron chi connectivity index (χ4n) is 1.63. The maximum absolute atomic E-state index is 13.1. The van der Waals surface area contributed by atoms with Gasteiger partial charge in [0.1, 0.15) is 5.82 Å². The van der Waals surface area contributed by atoms with Gasteiger partial charge in [-0.1, -0.05) is 13.0 Å². The Kier molecular flexibility index (Phi) is 2.95. The van der Waals surface area contributed by atoms with Gasteiger partial charge in [0.2, 0.25) is 0 Å². The molecule has 82 valence electrons. The Morgan fingerprint density at radius 1 is 1.25 bits per heavy atom. The minimum Gasteiger partial charge on any atom is -0.249 e. The second-order valence-corrected chi connectivity index (χ2v) is 3.54. The van der Waals surface area contributed by atoms with Gasteiger partial charge in [-0.3, -0.25) is 0 Å². The van der Waals surface area contributed by atoms with Crippen molar-refractivity contribution in [3.8, 4) is 0 Å². The van der Waals surface area contributed by atoms with E-state index in [-0.39, 0.29) is 5.82 Å². The van der Waals surface area contributed by atoms with Gasteiger partial charge in [-0.2, -0.15) is 0 Å². The first kappa shape index (κ1) is 10.7. The summed E-state index contributed by atoms with van der Waals surface area (Å²) in [4.78, 5) is 8.88. The van der Waals surface area contributed by atoms with E-state index in [1.165, 1.54) is 12.1 Å². The van der Waals surface area contributed by atoms with E-state index in [4.69, 9.17) is 0 Å². The lowest BCUT2D eigenvalue weighted by molar-refractivity contribution is 0.629. The van der Waals surface area contributed by atoms with Crippen LogP contribution in [0.5, 0.6) is 0 Å². The first-order valence-electron chi connectivity index (χ1n) is 5.33. The summed E-state index contributed by atoms with van der Waals surface area (Å²) in [5.74, 6) is -0.280. The third kappa shape index (κ3) is 1.94. The van der Waals surface area contributed by atoms with Crippen LogP contribution in [-0.4, -0.2) is 9.97 Å². The van der Waals surface area contributed by atoms with Gasteiger partial charge in [0.25, 0.3) is 0 Å². The molecule has 0 unspecified atom stereocenters. The van der Waals surface area contributed by atoms with Crippen LogP contribution < -0.4 is 0 Å². The lowest BCUT2D eigenvalue weighted by atomic mass is 10.2. The molecule has 1 aromatic carbocycles. The van der Waals surface area contributed by atoms with Crippen molar-refractivity contribution in [2.24, 2.45) is 0 Å². The molecule has 16 heavy (non-hydrogen) atoms. The maximum atomic E-state index is 13.1. The molecule has 0 saturated carbocycles. The summed E-state index contributed by atoms with van der Waals surface area (Å²) in [7, 11) is 0. The number of aromatic nitrogens is 2. The van der Waals surface area contributed by atoms with Crippen molar-refractivity contribution < 1.29 is 4.39 Å². The molecule has 0 aliphatic carbocycles. The van der Waals surface area contributed by atoms with E-state index in [2.05, 4.69) is 9.97 Å². The molecule has 2 rings (SSSR count). The number of fused-ring (bicyclic) bond motifs is 1. The molecular weight excluding hydrogens is 203 g/mol. The van der Waals surface area contributed by atoms with Crippen LogP contribution in [0.25, 0.3) is 17.1 Å². The van der Waals surface area contributed by atoms with Crippen molar-refractivity contribution in [1.29, 1.82) is 0 Å². The summed E-state index contributed by atoms with van der Waals surface area (Å²) in [6.07, 6.45) is 4.63. The van der Waals surface area contributed by atoms with Gasteiger partial charge in [0.05, 0.1) is 22.4 Å². The summed E-state index contributed by atoms with van der Waals surface area (Å²) in [5, 5.41) is 0. The molecule has 0 atom stereocenters. The van der Waals surface area contributed by atoms with Crippen molar-refractivity contribution in [3.63, 3.8) is 0 Å². The normalized spacial score (nSPS) is 11.4. The summed E-state index contributed by atoms with van der Waals surface area (Å²) in [6, 6.07) is 4.48. The highest BCUT2D eigenvalue weighted by molar-refractivity contribution is 5.75. The number of benzene rings is 1. The third-order valence-electron chi connectivity index (χ3n) is 2.39. The number of allylic oxidation sites excluding steroid dienone is 1. The van der Waals surface area contributed by atoms with Gasteiger partial charge in [-0.25, -0.2) is 14.4 Å². The second-order valence-electron chi connectivity index (χ2n) is 3.54. The van der Waals surface area contributed by atoms with Crippen LogP contribution >= 0.6 is 0 Å². The van der Waals surface area contributed by atoms with E-state index in [9.17, 15) is 4.39 Å². The fourth-order valence-corrected chi connectivity index (χ4v) is 1.63. The zero-order chi connectivity index (χ0) is 11.5. The highest BCUT2D eigenvalue weighted by Gasteiger charge is 2.05. The molecule has 0 aliphatic heterocycles. The summed E-state index contributed by atoms with van der Waals surface area (Å²) in [5.41, 5.74) is 3.11. The Bertz CT molecular complexity index is 547. The topological polar surface area (TPSA) is 25.8 Å². The first-order chi connectivity index (χ1) is 7.74. The second kappa shape index (κ2) is 4.39. The van der Waals surface area contributed by atoms with Gasteiger partial charge in [-0.05, 0) is 31.6 Å². The molecule has 0 N–H and O–H groups in total. The molecule has 0 aliphatic rings. The Morgan fingerprint density at radius 2 is 2.06 bits per heavy atom. The van der Waals surface area contributed by atoms with Crippen molar-refractivity contribution in [3.05, 3.63) is 41.5 Å². The molecule has 1 heterocycles. The molecule has 0 saturated heterocycles. The average Bonchev–Trinajstić information content (AvgIpc) is 2.28. The Labute approximate surface area is 93.9 Å². The van der Waals surface area contributed by atoms with Gasteiger partial charge >= 0.3 is 0 Å². The molecule has 2 aromatic rings. The van der Waals surface area contributed by atoms with Crippen LogP contribution in [0, 0.1) is 5.82 Å². The number of aryl methyl sites for hydroxylation is 1. The fraction of sp³-hybridized carbons (Fsp3) is 0.231. The number of rotatable bonds is 2. The van der Waals surface area contributed by atoms with Gasteiger partial charge in [0, 0.05) is 6.07 Å². The predicted molar refractivity (Wildman–Crippen MR) is 63.6 cm³/mol. The smallest absolute Gasteiger partial charge is 0.125 e. The minimum atomic E-state index is -0.280. The summed E-state index contributed by atoms with van der Waals surface area (Å²) in [6.45, 7) is 3.96. The maximum Gasteiger partial charge on any atom is 0.125 e. The van der Waals surface area contributed by atoms with Gasteiger partial charge in [-0.15, -0.1) is 0 Å². The molecule has 0 amide bonds. The molecule has 2 nitrogen and oxygen atoms in total. The van der Waals surface area contributed by atoms with Crippen LogP contribution in [0.15, 0.2) is 24.3 Å². The van der Waals surface area contributed by atoms with Crippen LogP contribution in [0.2, 0.25) is 0 Å². The molecule has 0 radical (unpaired) electrons. The SMILES string of the molecule is CC=Cc1nc2cc(F)ccc2nc1CC. The quantitative estimate of drug-likeness (QED) is 0.769. The standard InChI is InChI=1S/C13H13FN2/c1-3-5-11-10(4-2)15-12-7-6-9(14)8-13(12)16-11/h3,5-8H,4H2,1-2H3. The van der Waals surface area contributed by atoms with E-state index in [1.807, 2.05) is 26.0 Å². The largest absolute Gasteiger partial charge is 0.249 e. The summed E-state index contributed by atoms with van der Waals surface area (Å²) >= 11 is 0. The Morgan fingerprint density at radius 3 is 2.75 bits per heavy atom. The highest BCUT2D eigenvalue weighted by atomic mass is 19.1. The van der Waals surface area contributed by atoms with E-state index < -0.39 is 0 Å². The molecule has 0 spiro atoms. The van der Waals surface area contributed by atoms with Gasteiger partial charge < -0.3 is 0 Å². The number of nitrogens with zero attached hydrogens (tertiary/aromatic N) is 2. The zero-order valence-electron chi connectivity index (χ0n) is 9.37. The number of hydrogen-bond donors (Lipinski definition) is 0. The van der Waals surface area contributed by atoms with Crippen LogP contribution in [0.4, 0.5) is 4.39 Å². The van der Waals surface area contributed by atoms with Crippen LogP contribution in [0.1, 0.15) is 25.2 Å².